The van der Waals surface area contributed by atoms with Crippen molar-refractivity contribution in [2.24, 2.45) is 23.7 Å². The molecule has 4 aromatic rings. The molecule has 2 heterocycles. The van der Waals surface area contributed by atoms with Crippen LogP contribution in [-0.4, -0.2) is 53.7 Å². The highest BCUT2D eigenvalue weighted by molar-refractivity contribution is 6.36. The molecule has 4 aliphatic rings. The summed E-state index contributed by atoms with van der Waals surface area (Å²) < 4.78 is 11.3. The van der Waals surface area contributed by atoms with Crippen molar-refractivity contribution >= 4 is 64.0 Å². The van der Waals surface area contributed by atoms with Crippen molar-refractivity contribution in [3.05, 3.63) is 123 Å². The number of nitrogens with zero attached hydrogens (tertiary/aromatic N) is 2. The largest absolute Gasteiger partial charge is 0.508 e. The predicted molar refractivity (Wildman–Crippen MR) is 204 cm³/mol. The highest BCUT2D eigenvalue weighted by atomic mass is 35.5. The van der Waals surface area contributed by atoms with Gasteiger partial charge in [0.1, 0.15) is 17.2 Å². The van der Waals surface area contributed by atoms with Crippen molar-refractivity contribution in [1.29, 1.82) is 0 Å². The second-order valence-electron chi connectivity index (χ2n) is 14.3. The van der Waals surface area contributed by atoms with Gasteiger partial charge >= 0.3 is 0 Å². The maximum Gasteiger partial charge on any atom is 0.260 e. The van der Waals surface area contributed by atoms with Crippen LogP contribution in [0.25, 0.3) is 0 Å². The Morgan fingerprint density at radius 1 is 0.855 bits per heavy atom. The van der Waals surface area contributed by atoms with Gasteiger partial charge in [0.25, 0.3) is 11.8 Å². The van der Waals surface area contributed by atoms with E-state index in [9.17, 15) is 24.3 Å². The summed E-state index contributed by atoms with van der Waals surface area (Å²) in [5.41, 5.74) is 4.17. The number of benzene rings is 4. The van der Waals surface area contributed by atoms with E-state index in [1.54, 1.807) is 66.7 Å². The second-order valence-corrected chi connectivity index (χ2v) is 15.1. The molecule has 2 saturated heterocycles. The number of carbonyl (C=O) groups excluding carboxylic acids is 5. The highest BCUT2D eigenvalue weighted by Crippen LogP contribution is 2.65. The summed E-state index contributed by atoms with van der Waals surface area (Å²) in [5.74, 6) is -5.51. The molecule has 4 aromatic carbocycles. The third-order valence-electron chi connectivity index (χ3n) is 11.6. The van der Waals surface area contributed by atoms with E-state index in [0.29, 0.717) is 38.7 Å². The predicted octanol–water partition coefficient (Wildman–Crippen LogP) is 7.11. The number of methoxy groups -OCH3 is 2. The van der Waals surface area contributed by atoms with E-state index < -0.39 is 52.7 Å². The molecule has 55 heavy (non-hydrogen) atoms. The minimum atomic E-state index is -1.61. The van der Waals surface area contributed by atoms with E-state index in [4.69, 9.17) is 32.7 Å². The molecule has 2 aliphatic carbocycles. The number of hydrazine groups is 1. The zero-order valence-corrected chi connectivity index (χ0v) is 31.4. The summed E-state index contributed by atoms with van der Waals surface area (Å²) in [5, 5.41) is 12.1. The molecule has 2 aliphatic heterocycles. The number of allylic oxidation sites excluding steroid dienone is 2. The average molecular weight is 781 g/mol. The fourth-order valence-corrected chi connectivity index (χ4v) is 9.68. The Balaban J connectivity index is 1.33. The number of halogens is 2. The lowest BCUT2D eigenvalue weighted by Crippen LogP contribution is -2.53. The SMILES string of the molecule is COc1ccc(C23C(=O)N(Nc4ccc(Cl)cc4Cl)C(=O)C2CC2C(=CCC4C(=O)N(c5ccc(C(C)=O)cc5)C(=O)C42)C3c2ccc(O)cc2OC)cc1. The molecular weight excluding hydrogens is 745 g/mol. The molecule has 13 heteroatoms. The smallest absolute Gasteiger partial charge is 0.260 e. The number of carbonyl (C=O) groups is 5. The van der Waals surface area contributed by atoms with E-state index in [2.05, 4.69) is 5.43 Å². The topological polar surface area (TPSA) is 143 Å². The summed E-state index contributed by atoms with van der Waals surface area (Å²) in [7, 11) is 2.98. The van der Waals surface area contributed by atoms with Crippen LogP contribution in [0.5, 0.6) is 17.2 Å². The van der Waals surface area contributed by atoms with Crippen molar-refractivity contribution in [1.82, 2.24) is 5.01 Å². The molecule has 280 valence electrons. The molecule has 6 unspecified atom stereocenters. The van der Waals surface area contributed by atoms with Crippen LogP contribution in [0.2, 0.25) is 10.0 Å². The molecule has 6 atom stereocenters. The van der Waals surface area contributed by atoms with Gasteiger partial charge in [0, 0.05) is 28.1 Å². The summed E-state index contributed by atoms with van der Waals surface area (Å²) in [4.78, 5) is 72.3. The number of rotatable bonds is 8. The number of nitrogens with one attached hydrogen (secondary N) is 1. The lowest BCUT2D eigenvalue weighted by Gasteiger charge is -2.50. The highest BCUT2D eigenvalue weighted by Gasteiger charge is 2.70. The van der Waals surface area contributed by atoms with Crippen LogP contribution in [-0.2, 0) is 24.6 Å². The molecule has 0 spiro atoms. The van der Waals surface area contributed by atoms with Gasteiger partial charge in [-0.2, -0.15) is 5.01 Å². The third kappa shape index (κ3) is 5.51. The first-order valence-corrected chi connectivity index (χ1v) is 18.5. The number of phenolic OH excluding ortho intramolecular Hbond substituents is 1. The minimum absolute atomic E-state index is 0.0587. The summed E-state index contributed by atoms with van der Waals surface area (Å²) in [6.45, 7) is 1.44. The number of Topliss-reactive ketones (excluding diaryl/α,β-unsaturated/α-hetero) is 1. The van der Waals surface area contributed by atoms with Gasteiger partial charge in [-0.25, -0.2) is 0 Å². The molecule has 3 fully saturated rings. The molecule has 0 bridgehead atoms. The van der Waals surface area contributed by atoms with E-state index in [1.807, 2.05) is 6.08 Å². The van der Waals surface area contributed by atoms with Gasteiger partial charge in [0.2, 0.25) is 11.8 Å². The summed E-state index contributed by atoms with van der Waals surface area (Å²) in [6.07, 6.45) is 2.19. The van der Waals surface area contributed by atoms with Gasteiger partial charge in [0.05, 0.1) is 53.8 Å². The Hall–Kier alpha value is -5.65. The van der Waals surface area contributed by atoms with Crippen LogP contribution in [0.3, 0.4) is 0 Å². The fraction of sp³-hybridized carbons (Fsp3) is 0.262. The average Bonchev–Trinajstić information content (AvgIpc) is 3.56. The number of hydrogen-bond acceptors (Lipinski definition) is 9. The van der Waals surface area contributed by atoms with E-state index >= 15 is 4.79 Å². The molecule has 8 rings (SSSR count). The molecule has 0 aromatic heterocycles. The zero-order chi connectivity index (χ0) is 38.9. The van der Waals surface area contributed by atoms with Crippen LogP contribution < -0.4 is 19.8 Å². The van der Waals surface area contributed by atoms with Gasteiger partial charge in [-0.1, -0.05) is 53.1 Å². The van der Waals surface area contributed by atoms with Crippen LogP contribution in [0, 0.1) is 23.7 Å². The van der Waals surface area contributed by atoms with Crippen LogP contribution in [0.4, 0.5) is 11.4 Å². The summed E-state index contributed by atoms with van der Waals surface area (Å²) >= 11 is 12.7. The normalized spacial score (nSPS) is 25.6. The maximum absolute atomic E-state index is 15.5. The number of ketones is 1. The molecule has 1 saturated carbocycles. The number of aromatic hydroxyl groups is 1. The molecule has 0 radical (unpaired) electrons. The Kier molecular flexibility index (Phi) is 8.97. The lowest BCUT2D eigenvalue weighted by atomic mass is 9.49. The number of phenols is 1. The third-order valence-corrected chi connectivity index (χ3v) is 12.2. The monoisotopic (exact) mass is 779 g/mol. The Labute approximate surface area is 326 Å². The number of ether oxygens (including phenoxy) is 2. The number of imide groups is 2. The first kappa shape index (κ1) is 36.3. The van der Waals surface area contributed by atoms with E-state index in [1.165, 1.54) is 44.2 Å². The second kappa shape index (κ2) is 13.6. The minimum Gasteiger partial charge on any atom is -0.508 e. The molecular formula is C42H35Cl2N3O8. The van der Waals surface area contributed by atoms with Crippen LogP contribution in [0.15, 0.2) is 96.6 Å². The summed E-state index contributed by atoms with van der Waals surface area (Å²) in [6, 6.07) is 22.6. The van der Waals surface area contributed by atoms with Crippen molar-refractivity contribution in [3.63, 3.8) is 0 Å². The Morgan fingerprint density at radius 3 is 2.24 bits per heavy atom. The molecule has 11 nitrogen and oxygen atoms in total. The Morgan fingerprint density at radius 2 is 1.58 bits per heavy atom. The van der Waals surface area contributed by atoms with Gasteiger partial charge in [-0.05, 0) is 91.9 Å². The first-order chi connectivity index (χ1) is 26.4. The van der Waals surface area contributed by atoms with Crippen molar-refractivity contribution in [3.8, 4) is 17.2 Å². The van der Waals surface area contributed by atoms with E-state index in [0.717, 1.165) is 5.01 Å². The zero-order valence-electron chi connectivity index (χ0n) is 29.9. The van der Waals surface area contributed by atoms with Crippen molar-refractivity contribution in [2.45, 2.75) is 31.1 Å². The molecule has 2 N–H and O–H groups in total. The quantitative estimate of drug-likeness (QED) is 0.109. The maximum atomic E-state index is 15.5. The molecule has 4 amide bonds. The van der Waals surface area contributed by atoms with Gasteiger partial charge in [0.15, 0.2) is 5.78 Å². The van der Waals surface area contributed by atoms with E-state index in [-0.39, 0.29) is 46.7 Å². The van der Waals surface area contributed by atoms with Gasteiger partial charge < -0.3 is 14.6 Å². The van der Waals surface area contributed by atoms with Crippen molar-refractivity contribution < 1.29 is 38.6 Å². The number of anilines is 2. The fourth-order valence-electron chi connectivity index (χ4n) is 9.23. The first-order valence-electron chi connectivity index (χ1n) is 17.7. The number of fused-ring (bicyclic) bond motifs is 4. The Bertz CT molecular complexity index is 2330. The van der Waals surface area contributed by atoms with Gasteiger partial charge in [-0.15, -0.1) is 0 Å². The van der Waals surface area contributed by atoms with Crippen LogP contribution >= 0.6 is 23.2 Å². The lowest BCUT2D eigenvalue weighted by molar-refractivity contribution is -0.138. The standard InChI is InChI=1S/C42H35Cl2N3O8/c1-21(48)22-4-9-25(10-5-22)46-38(50)30-16-15-28-31(36(30)40(46)52)20-32-39(51)47(45-34-17-8-24(43)18-33(34)44)41(53)42(32,23-6-12-27(54-2)13-7-23)37(28)29-14-11-26(49)19-35(29)55-3/h4-15,17-19,30-32,36-37,45,49H,16,20H2,1-3H3. The number of amides is 4. The van der Waals surface area contributed by atoms with Gasteiger partial charge in [-0.3, -0.25) is 34.3 Å². The van der Waals surface area contributed by atoms with Crippen molar-refractivity contribution in [2.75, 3.05) is 24.5 Å². The van der Waals surface area contributed by atoms with Crippen LogP contribution in [0.1, 0.15) is 47.2 Å². The number of hydrogen-bond donors (Lipinski definition) is 2.